The van der Waals surface area contributed by atoms with E-state index in [2.05, 4.69) is 22.4 Å². The Morgan fingerprint density at radius 2 is 1.93 bits per heavy atom. The summed E-state index contributed by atoms with van der Waals surface area (Å²) in [6.45, 7) is 3.05. The molecule has 27 heavy (non-hydrogen) atoms. The first-order valence-electron chi connectivity index (χ1n) is 8.54. The van der Waals surface area contributed by atoms with Crippen LogP contribution in [0.3, 0.4) is 0 Å². The Kier molecular flexibility index (Phi) is 7.83. The number of aryl methyl sites for hydroxylation is 1. The Bertz CT molecular complexity index is 786. The van der Waals surface area contributed by atoms with Crippen LogP contribution in [-0.4, -0.2) is 23.3 Å². The number of hydrogen-bond acceptors (Lipinski definition) is 3. The molecule has 0 aliphatic rings. The molecule has 5 N–H and O–H groups in total. The normalized spacial score (nSPS) is 11.7. The van der Waals surface area contributed by atoms with Crippen molar-refractivity contribution in [1.29, 1.82) is 0 Å². The molecule has 0 bridgehead atoms. The third kappa shape index (κ3) is 6.65. The van der Waals surface area contributed by atoms with Gasteiger partial charge in [0.2, 0.25) is 9.75 Å². The molecule has 1 aromatic carbocycles. The first kappa shape index (κ1) is 21.4. The van der Waals surface area contributed by atoms with E-state index in [1.165, 1.54) is 0 Å². The van der Waals surface area contributed by atoms with Crippen LogP contribution in [0, 0.1) is 0 Å². The maximum Gasteiger partial charge on any atom is 0.230 e. The summed E-state index contributed by atoms with van der Waals surface area (Å²) in [5, 5.41) is 10.7. The van der Waals surface area contributed by atoms with Gasteiger partial charge in [-0.3, -0.25) is 0 Å². The summed E-state index contributed by atoms with van der Waals surface area (Å²) in [6, 6.07) is 9.87. The van der Waals surface area contributed by atoms with Gasteiger partial charge < -0.3 is 21.4 Å². The van der Waals surface area contributed by atoms with Gasteiger partial charge in [-0.2, -0.15) is 5.10 Å². The van der Waals surface area contributed by atoms with Crippen molar-refractivity contribution in [2.24, 2.45) is 21.7 Å². The number of nitrogens with one attached hydrogen (secondary N) is 1. The van der Waals surface area contributed by atoms with Crippen molar-refractivity contribution in [3.8, 4) is 5.69 Å². The summed E-state index contributed by atoms with van der Waals surface area (Å²) in [6.07, 6.45) is 6.02. The molecule has 0 radical (unpaired) electrons. The largest absolute Gasteiger partial charge is 0.385 e. The van der Waals surface area contributed by atoms with Crippen molar-refractivity contribution in [1.82, 2.24) is 4.57 Å². The molecular weight excluding hydrogens is 407 g/mol. The second-order valence-corrected chi connectivity index (χ2v) is 8.22. The third-order valence-corrected chi connectivity index (χ3v) is 4.29. The highest BCUT2D eigenvalue weighted by atomic mass is 35.6. The lowest BCUT2D eigenvalue weighted by Crippen LogP contribution is -2.21. The summed E-state index contributed by atoms with van der Waals surface area (Å²) in [7, 11) is 0. The molecule has 0 aliphatic carbocycles. The van der Waals surface area contributed by atoms with Gasteiger partial charge in [-0.25, -0.2) is 0 Å². The van der Waals surface area contributed by atoms with Gasteiger partial charge in [0.1, 0.15) is 0 Å². The second kappa shape index (κ2) is 9.88. The van der Waals surface area contributed by atoms with Crippen LogP contribution in [0.25, 0.3) is 5.69 Å². The fourth-order valence-corrected chi connectivity index (χ4v) is 2.93. The van der Waals surface area contributed by atoms with E-state index in [0.29, 0.717) is 18.5 Å². The second-order valence-electron chi connectivity index (χ2n) is 5.94. The summed E-state index contributed by atoms with van der Waals surface area (Å²) in [4.78, 5) is 0. The minimum absolute atomic E-state index is 0.0761. The van der Waals surface area contributed by atoms with E-state index in [1.807, 2.05) is 41.1 Å². The van der Waals surface area contributed by atoms with Crippen LogP contribution >= 0.6 is 34.8 Å². The van der Waals surface area contributed by atoms with E-state index >= 15 is 0 Å². The molecule has 9 heteroatoms. The van der Waals surface area contributed by atoms with Crippen molar-refractivity contribution in [3.05, 3.63) is 47.8 Å². The Labute approximate surface area is 174 Å². The van der Waals surface area contributed by atoms with E-state index in [4.69, 9.17) is 46.3 Å². The highest BCUT2D eigenvalue weighted by molar-refractivity contribution is 6.66. The number of nitrogens with zero attached hydrogens (tertiary/aromatic N) is 3. The minimum atomic E-state index is -1.54. The lowest BCUT2D eigenvalue weighted by molar-refractivity contribution is 0.952. The third-order valence-electron chi connectivity index (χ3n) is 3.71. The van der Waals surface area contributed by atoms with Crippen LogP contribution < -0.4 is 16.8 Å². The molecule has 0 unspecified atom stereocenters. The van der Waals surface area contributed by atoms with Gasteiger partial charge in [0.05, 0.1) is 5.69 Å². The maximum absolute atomic E-state index is 6.17. The molecule has 0 saturated carbocycles. The van der Waals surface area contributed by atoms with Crippen molar-refractivity contribution in [2.45, 2.75) is 30.0 Å². The van der Waals surface area contributed by atoms with Crippen LogP contribution in [0.2, 0.25) is 0 Å². The molecule has 2 rings (SSSR count). The van der Waals surface area contributed by atoms with E-state index < -0.39 is 3.79 Å². The summed E-state index contributed by atoms with van der Waals surface area (Å²) in [5.74, 6) is -0.0761. The topological polar surface area (TPSA) is 93.7 Å². The quantitative estimate of drug-likeness (QED) is 0.252. The Hall–Kier alpha value is -1.89. The highest BCUT2D eigenvalue weighted by Gasteiger charge is 2.28. The van der Waals surface area contributed by atoms with Crippen LogP contribution in [-0.2, 0) is 10.2 Å². The summed E-state index contributed by atoms with van der Waals surface area (Å²) in [5.41, 5.74) is 14.0. The fourth-order valence-electron chi connectivity index (χ4n) is 2.49. The number of alkyl halides is 3. The van der Waals surface area contributed by atoms with Crippen molar-refractivity contribution in [2.75, 3.05) is 11.9 Å². The average molecular weight is 430 g/mol. The zero-order valence-corrected chi connectivity index (χ0v) is 17.3. The Balaban J connectivity index is 2.20. The van der Waals surface area contributed by atoms with Gasteiger partial charge in [-0.15, -0.1) is 5.10 Å². The van der Waals surface area contributed by atoms with Crippen molar-refractivity contribution < 1.29 is 0 Å². The van der Waals surface area contributed by atoms with Crippen LogP contribution in [0.5, 0.6) is 0 Å². The van der Waals surface area contributed by atoms with Gasteiger partial charge in [-0.05, 0) is 55.2 Å². The minimum Gasteiger partial charge on any atom is -0.385 e. The van der Waals surface area contributed by atoms with Gasteiger partial charge in [0.15, 0.2) is 0 Å². The molecule has 1 aromatic heterocycles. The average Bonchev–Trinajstić information content (AvgIpc) is 3.04. The van der Waals surface area contributed by atoms with E-state index in [9.17, 15) is 0 Å². The zero-order chi connectivity index (χ0) is 19.9. The molecule has 0 spiro atoms. The highest BCUT2D eigenvalue weighted by Crippen LogP contribution is 2.40. The van der Waals surface area contributed by atoms with Gasteiger partial charge in [-0.1, -0.05) is 41.7 Å². The molecule has 0 fully saturated rings. The summed E-state index contributed by atoms with van der Waals surface area (Å²) < 4.78 is 0.350. The van der Waals surface area contributed by atoms with E-state index in [-0.39, 0.29) is 5.96 Å². The number of hydrogen-bond donors (Lipinski definition) is 3. The number of halogens is 3. The number of nitrogens with two attached hydrogens (primary N) is 2. The number of benzene rings is 1. The molecule has 6 nitrogen and oxygen atoms in total. The zero-order valence-electron chi connectivity index (χ0n) is 15.0. The molecule has 146 valence electrons. The standard InChI is InChI=1S/C18H23Cl3N6/c1-2-9-24-14-5-7-15(8-6-14)27-12-13(11-16(27)18(19,20)21)4-3-10-25-26-17(22)23/h5-8,10-12,24H,2-4,9H2,1H3,(H4,22,23,26)/b25-10+. The Morgan fingerprint density at radius 3 is 2.52 bits per heavy atom. The lowest BCUT2D eigenvalue weighted by Gasteiger charge is -2.16. The predicted molar refractivity (Wildman–Crippen MR) is 116 cm³/mol. The predicted octanol–water partition coefficient (Wildman–Crippen LogP) is 4.32. The van der Waals surface area contributed by atoms with Crippen LogP contribution in [0.4, 0.5) is 5.69 Å². The monoisotopic (exact) mass is 428 g/mol. The van der Waals surface area contributed by atoms with Gasteiger partial charge in [0.25, 0.3) is 0 Å². The van der Waals surface area contributed by atoms with Crippen molar-refractivity contribution in [3.63, 3.8) is 0 Å². The van der Waals surface area contributed by atoms with E-state index in [1.54, 1.807) is 6.21 Å². The molecule has 0 atom stereocenters. The molecule has 2 aromatic rings. The summed E-state index contributed by atoms with van der Waals surface area (Å²) >= 11 is 18.5. The molecular formula is C18H23Cl3N6. The SMILES string of the molecule is CCCNc1ccc(-n2cc(CC/C=N/N=C(N)N)cc2C(Cl)(Cl)Cl)cc1. The number of anilines is 1. The number of guanidine groups is 1. The number of rotatable bonds is 8. The fraction of sp³-hybridized carbons (Fsp3) is 0.333. The van der Waals surface area contributed by atoms with Gasteiger partial charge >= 0.3 is 0 Å². The molecule has 0 aliphatic heterocycles. The van der Waals surface area contributed by atoms with Crippen LogP contribution in [0.15, 0.2) is 46.7 Å². The lowest BCUT2D eigenvalue weighted by atomic mass is 10.2. The molecule has 0 saturated heterocycles. The first-order chi connectivity index (χ1) is 12.8. The van der Waals surface area contributed by atoms with Gasteiger partial charge in [0, 0.05) is 30.3 Å². The number of aromatic nitrogens is 1. The molecule has 1 heterocycles. The Morgan fingerprint density at radius 1 is 1.22 bits per heavy atom. The van der Waals surface area contributed by atoms with Crippen LogP contribution in [0.1, 0.15) is 31.0 Å². The van der Waals surface area contributed by atoms with Crippen molar-refractivity contribution >= 4 is 52.7 Å². The smallest absolute Gasteiger partial charge is 0.230 e. The molecule has 0 amide bonds. The maximum atomic E-state index is 6.17. The van der Waals surface area contributed by atoms with E-state index in [0.717, 1.165) is 29.9 Å². The first-order valence-corrected chi connectivity index (χ1v) is 9.68.